The third kappa shape index (κ3) is 1.63. The molecular formula is C10H13N5O2. The fourth-order valence-corrected chi connectivity index (χ4v) is 1.51. The molecule has 0 atom stereocenters. The number of aryl methyl sites for hydroxylation is 1. The number of nitrogens with zero attached hydrogens (tertiary/aromatic N) is 5. The standard InChI is InChI=1S/C10H13N5O2/c1-5(2)7-11-6-8(13-12-7)14(3)10(17)15(4)9(6)16/h5H,1-4H3. The first-order chi connectivity index (χ1) is 7.93. The van der Waals surface area contributed by atoms with Gasteiger partial charge in [-0.15, -0.1) is 10.2 Å². The molecule has 90 valence electrons. The average Bonchev–Trinajstić information content (AvgIpc) is 2.32. The van der Waals surface area contributed by atoms with Gasteiger partial charge in [0.15, 0.2) is 17.0 Å². The van der Waals surface area contributed by atoms with Crippen molar-refractivity contribution < 1.29 is 0 Å². The zero-order chi connectivity index (χ0) is 12.7. The third-order valence-electron chi connectivity index (χ3n) is 2.60. The normalized spacial score (nSPS) is 11.4. The number of hydrogen-bond acceptors (Lipinski definition) is 5. The van der Waals surface area contributed by atoms with E-state index in [0.29, 0.717) is 5.82 Å². The Morgan fingerprint density at radius 1 is 1.06 bits per heavy atom. The summed E-state index contributed by atoms with van der Waals surface area (Å²) in [6.45, 7) is 3.82. The van der Waals surface area contributed by atoms with Crippen molar-refractivity contribution in [1.82, 2.24) is 24.3 Å². The third-order valence-corrected chi connectivity index (χ3v) is 2.60. The Kier molecular flexibility index (Phi) is 2.53. The van der Waals surface area contributed by atoms with Gasteiger partial charge >= 0.3 is 5.69 Å². The first-order valence-corrected chi connectivity index (χ1v) is 5.23. The molecule has 0 fully saturated rings. The van der Waals surface area contributed by atoms with Crippen LogP contribution in [0.15, 0.2) is 9.59 Å². The van der Waals surface area contributed by atoms with Crippen molar-refractivity contribution in [2.75, 3.05) is 0 Å². The molecule has 0 aliphatic heterocycles. The van der Waals surface area contributed by atoms with Crippen LogP contribution in [0.5, 0.6) is 0 Å². The zero-order valence-corrected chi connectivity index (χ0v) is 10.1. The molecule has 0 saturated heterocycles. The lowest BCUT2D eigenvalue weighted by molar-refractivity contribution is 0.681. The van der Waals surface area contributed by atoms with Gasteiger partial charge in [0.1, 0.15) is 0 Å². The van der Waals surface area contributed by atoms with Crippen molar-refractivity contribution in [3.63, 3.8) is 0 Å². The van der Waals surface area contributed by atoms with Gasteiger partial charge in [-0.25, -0.2) is 9.78 Å². The van der Waals surface area contributed by atoms with Crippen molar-refractivity contribution in [3.05, 3.63) is 26.7 Å². The molecule has 2 aromatic rings. The van der Waals surface area contributed by atoms with Gasteiger partial charge in [-0.05, 0) is 0 Å². The predicted octanol–water partition coefficient (Wildman–Crippen LogP) is -0.454. The minimum absolute atomic E-state index is 0.0776. The Balaban J connectivity index is 2.97. The molecule has 0 N–H and O–H groups in total. The van der Waals surface area contributed by atoms with E-state index < -0.39 is 11.2 Å². The quantitative estimate of drug-likeness (QED) is 0.668. The van der Waals surface area contributed by atoms with Gasteiger partial charge in [0.2, 0.25) is 0 Å². The van der Waals surface area contributed by atoms with Gasteiger partial charge in [0, 0.05) is 20.0 Å². The fourth-order valence-electron chi connectivity index (χ4n) is 1.51. The fraction of sp³-hybridized carbons (Fsp3) is 0.500. The molecule has 0 saturated carbocycles. The Morgan fingerprint density at radius 3 is 2.29 bits per heavy atom. The first kappa shape index (κ1) is 11.4. The smallest absolute Gasteiger partial charge is 0.278 e. The van der Waals surface area contributed by atoms with Crippen LogP contribution in [0.1, 0.15) is 25.6 Å². The van der Waals surface area contributed by atoms with Crippen molar-refractivity contribution in [2.45, 2.75) is 19.8 Å². The van der Waals surface area contributed by atoms with Crippen molar-refractivity contribution in [1.29, 1.82) is 0 Å². The Morgan fingerprint density at radius 2 is 1.71 bits per heavy atom. The van der Waals surface area contributed by atoms with E-state index >= 15 is 0 Å². The van der Waals surface area contributed by atoms with Crippen LogP contribution in [-0.4, -0.2) is 24.3 Å². The minimum atomic E-state index is -0.445. The highest BCUT2D eigenvalue weighted by Crippen LogP contribution is 2.08. The van der Waals surface area contributed by atoms with E-state index in [0.717, 1.165) is 4.57 Å². The summed E-state index contributed by atoms with van der Waals surface area (Å²) < 4.78 is 2.28. The largest absolute Gasteiger partial charge is 0.332 e. The van der Waals surface area contributed by atoms with Gasteiger partial charge in [-0.1, -0.05) is 13.8 Å². The van der Waals surface area contributed by atoms with Crippen LogP contribution in [0.25, 0.3) is 11.2 Å². The van der Waals surface area contributed by atoms with Gasteiger partial charge in [-0.3, -0.25) is 13.9 Å². The highest BCUT2D eigenvalue weighted by Gasteiger charge is 2.13. The molecule has 0 radical (unpaired) electrons. The van der Waals surface area contributed by atoms with E-state index in [1.165, 1.54) is 18.7 Å². The lowest BCUT2D eigenvalue weighted by atomic mass is 10.2. The maximum absolute atomic E-state index is 11.9. The Bertz CT molecular complexity index is 698. The molecule has 0 spiro atoms. The molecule has 7 nitrogen and oxygen atoms in total. The van der Waals surface area contributed by atoms with Gasteiger partial charge in [0.05, 0.1) is 0 Å². The number of fused-ring (bicyclic) bond motifs is 1. The summed E-state index contributed by atoms with van der Waals surface area (Å²) in [7, 11) is 2.96. The summed E-state index contributed by atoms with van der Waals surface area (Å²) in [6, 6.07) is 0. The monoisotopic (exact) mass is 235 g/mol. The molecule has 2 rings (SSSR count). The number of aromatic nitrogens is 5. The van der Waals surface area contributed by atoms with E-state index in [1.807, 2.05) is 13.8 Å². The topological polar surface area (TPSA) is 82.7 Å². The maximum atomic E-state index is 11.9. The molecule has 7 heteroatoms. The molecule has 0 bridgehead atoms. The van der Waals surface area contributed by atoms with E-state index in [2.05, 4.69) is 15.2 Å². The lowest BCUT2D eigenvalue weighted by Gasteiger charge is -2.07. The second-order valence-electron chi connectivity index (χ2n) is 4.20. The average molecular weight is 235 g/mol. The van der Waals surface area contributed by atoms with E-state index in [4.69, 9.17) is 0 Å². The van der Waals surface area contributed by atoms with E-state index in [1.54, 1.807) is 0 Å². The second-order valence-corrected chi connectivity index (χ2v) is 4.20. The van der Waals surface area contributed by atoms with Crippen LogP contribution < -0.4 is 11.2 Å². The molecule has 17 heavy (non-hydrogen) atoms. The molecule has 0 amide bonds. The summed E-state index contributed by atoms with van der Waals surface area (Å²) in [5.41, 5.74) is -0.494. The zero-order valence-electron chi connectivity index (χ0n) is 10.1. The Hall–Kier alpha value is -2.05. The van der Waals surface area contributed by atoms with Crippen LogP contribution >= 0.6 is 0 Å². The maximum Gasteiger partial charge on any atom is 0.332 e. The summed E-state index contributed by atoms with van der Waals surface area (Å²) in [6.07, 6.45) is 0. The minimum Gasteiger partial charge on any atom is -0.278 e. The lowest BCUT2D eigenvalue weighted by Crippen LogP contribution is -2.38. The summed E-state index contributed by atoms with van der Waals surface area (Å²) in [5, 5.41) is 7.81. The second kappa shape index (κ2) is 3.76. The van der Waals surface area contributed by atoms with Gasteiger partial charge in [0.25, 0.3) is 5.56 Å². The molecule has 0 unspecified atom stereocenters. The van der Waals surface area contributed by atoms with Crippen molar-refractivity contribution in [2.24, 2.45) is 14.1 Å². The predicted molar refractivity (Wildman–Crippen MR) is 61.9 cm³/mol. The summed E-state index contributed by atoms with van der Waals surface area (Å²) >= 11 is 0. The molecular weight excluding hydrogens is 222 g/mol. The number of hydrogen-bond donors (Lipinski definition) is 0. The Labute approximate surface area is 96.7 Å². The van der Waals surface area contributed by atoms with Crippen LogP contribution in [0.4, 0.5) is 0 Å². The molecule has 2 heterocycles. The molecule has 2 aromatic heterocycles. The highest BCUT2D eigenvalue weighted by molar-refractivity contribution is 5.67. The van der Waals surface area contributed by atoms with Gasteiger partial charge < -0.3 is 0 Å². The molecule has 0 aromatic carbocycles. The van der Waals surface area contributed by atoms with Crippen LogP contribution in [-0.2, 0) is 14.1 Å². The van der Waals surface area contributed by atoms with Crippen LogP contribution in [0.3, 0.4) is 0 Å². The molecule has 0 aliphatic rings. The number of rotatable bonds is 1. The van der Waals surface area contributed by atoms with Crippen molar-refractivity contribution in [3.8, 4) is 0 Å². The summed E-state index contributed by atoms with van der Waals surface area (Å²) in [4.78, 5) is 27.7. The van der Waals surface area contributed by atoms with Crippen LogP contribution in [0, 0.1) is 0 Å². The highest BCUT2D eigenvalue weighted by atomic mass is 16.2. The van der Waals surface area contributed by atoms with E-state index in [9.17, 15) is 9.59 Å². The first-order valence-electron chi connectivity index (χ1n) is 5.23. The van der Waals surface area contributed by atoms with Gasteiger partial charge in [-0.2, -0.15) is 0 Å². The van der Waals surface area contributed by atoms with Crippen LogP contribution in [0.2, 0.25) is 0 Å². The summed E-state index contributed by atoms with van der Waals surface area (Å²) in [5.74, 6) is 0.571. The molecule has 0 aliphatic carbocycles. The van der Waals surface area contributed by atoms with E-state index in [-0.39, 0.29) is 17.1 Å². The van der Waals surface area contributed by atoms with Crippen molar-refractivity contribution >= 4 is 11.2 Å². The SMILES string of the molecule is CC(C)c1nnc2c(n1)c(=O)n(C)c(=O)n2C.